The number of nitrogens with one attached hydrogen (secondary N) is 2. The topological polar surface area (TPSA) is 134 Å². The van der Waals surface area contributed by atoms with Crippen molar-refractivity contribution in [1.29, 1.82) is 0 Å². The number of aromatic hydroxyl groups is 1. The highest BCUT2D eigenvalue weighted by molar-refractivity contribution is 6.03. The summed E-state index contributed by atoms with van der Waals surface area (Å²) in [6.07, 6.45) is 4.25. The number of aliphatic carboxylic acids is 1. The maximum Gasteiger partial charge on any atom is 0.322 e. The molecule has 3 rings (SSSR count). The van der Waals surface area contributed by atoms with Crippen LogP contribution in [0.2, 0.25) is 0 Å². The zero-order valence-electron chi connectivity index (χ0n) is 14.1. The Kier molecular flexibility index (Phi) is 4.72. The highest BCUT2D eigenvalue weighted by Crippen LogP contribution is 2.29. The average molecular weight is 358 g/mol. The minimum Gasteiger partial charge on any atom is -0.506 e. The van der Waals surface area contributed by atoms with Gasteiger partial charge < -0.3 is 25.4 Å². The van der Waals surface area contributed by atoms with Gasteiger partial charge in [0.25, 0.3) is 11.5 Å². The lowest BCUT2D eigenvalue weighted by molar-refractivity contribution is -0.135. The van der Waals surface area contributed by atoms with E-state index in [4.69, 9.17) is 5.11 Å². The molecule has 0 atom stereocenters. The first-order valence-electron chi connectivity index (χ1n) is 8.02. The Bertz CT molecular complexity index is 993. The van der Waals surface area contributed by atoms with Gasteiger partial charge in [-0.3, -0.25) is 19.4 Å². The summed E-state index contributed by atoms with van der Waals surface area (Å²) in [5, 5.41) is 24.8. The van der Waals surface area contributed by atoms with Crippen LogP contribution < -0.4 is 16.2 Å². The smallest absolute Gasteiger partial charge is 0.322 e. The summed E-state index contributed by atoms with van der Waals surface area (Å²) < 4.78 is 1.21. The monoisotopic (exact) mass is 358 g/mol. The normalized spacial score (nSPS) is 14.1. The van der Waals surface area contributed by atoms with E-state index in [0.29, 0.717) is 16.6 Å². The van der Waals surface area contributed by atoms with Gasteiger partial charge in [-0.25, -0.2) is 0 Å². The zero-order chi connectivity index (χ0) is 18.8. The molecule has 9 nitrogen and oxygen atoms in total. The SMILES string of the molecule is Cn1c(=O)c(C(=O)NCC(=O)O)c(O)c2cc(C3=CCNCC3)ncc21. The third kappa shape index (κ3) is 3.16. The molecule has 136 valence electrons. The molecule has 3 heterocycles. The second kappa shape index (κ2) is 6.96. The van der Waals surface area contributed by atoms with Crippen molar-refractivity contribution in [3.8, 4) is 5.75 Å². The first kappa shape index (κ1) is 17.6. The van der Waals surface area contributed by atoms with Gasteiger partial charge in [-0.05, 0) is 24.6 Å². The summed E-state index contributed by atoms with van der Waals surface area (Å²) in [5.74, 6) is -2.67. The van der Waals surface area contributed by atoms with Crippen LogP contribution in [0.3, 0.4) is 0 Å². The molecule has 0 spiro atoms. The molecular weight excluding hydrogens is 340 g/mol. The second-order valence-corrected chi connectivity index (χ2v) is 5.93. The van der Waals surface area contributed by atoms with E-state index in [-0.39, 0.29) is 0 Å². The molecule has 1 aliphatic heterocycles. The first-order valence-corrected chi connectivity index (χ1v) is 8.02. The van der Waals surface area contributed by atoms with Gasteiger partial charge in [0.15, 0.2) is 0 Å². The van der Waals surface area contributed by atoms with E-state index in [1.165, 1.54) is 17.8 Å². The second-order valence-electron chi connectivity index (χ2n) is 5.93. The number of pyridine rings is 2. The molecule has 4 N–H and O–H groups in total. The van der Waals surface area contributed by atoms with Crippen LogP contribution in [0.4, 0.5) is 0 Å². The molecular formula is C17H18N4O5. The van der Waals surface area contributed by atoms with Crippen LogP contribution in [-0.4, -0.2) is 51.3 Å². The summed E-state index contributed by atoms with van der Waals surface area (Å²) in [4.78, 5) is 39.6. The average Bonchev–Trinajstić information content (AvgIpc) is 2.65. The number of carbonyl (C=O) groups is 2. The molecule has 0 radical (unpaired) electrons. The molecule has 2 aromatic heterocycles. The lowest BCUT2D eigenvalue weighted by Crippen LogP contribution is -2.35. The minimum atomic E-state index is -1.25. The minimum absolute atomic E-state index is 0.303. The summed E-state index contributed by atoms with van der Waals surface area (Å²) in [5.41, 5.74) is 0.826. The number of hydrogen-bond donors (Lipinski definition) is 4. The van der Waals surface area contributed by atoms with E-state index >= 15 is 0 Å². The van der Waals surface area contributed by atoms with Crippen molar-refractivity contribution >= 4 is 28.4 Å². The van der Waals surface area contributed by atoms with Gasteiger partial charge in [-0.2, -0.15) is 0 Å². The largest absolute Gasteiger partial charge is 0.506 e. The van der Waals surface area contributed by atoms with Gasteiger partial charge in [-0.15, -0.1) is 0 Å². The maximum atomic E-state index is 12.4. The van der Waals surface area contributed by atoms with Crippen molar-refractivity contribution in [2.45, 2.75) is 6.42 Å². The Morgan fingerprint density at radius 1 is 1.42 bits per heavy atom. The highest BCUT2D eigenvalue weighted by Gasteiger charge is 2.22. The number of carbonyl (C=O) groups excluding carboxylic acids is 1. The summed E-state index contributed by atoms with van der Waals surface area (Å²) >= 11 is 0. The van der Waals surface area contributed by atoms with E-state index in [1.807, 2.05) is 6.08 Å². The van der Waals surface area contributed by atoms with Crippen molar-refractivity contribution in [2.75, 3.05) is 19.6 Å². The number of fused-ring (bicyclic) bond motifs is 1. The van der Waals surface area contributed by atoms with Crippen LogP contribution >= 0.6 is 0 Å². The van der Waals surface area contributed by atoms with Crippen LogP contribution in [0, 0.1) is 0 Å². The number of hydrogen-bond acceptors (Lipinski definition) is 6. The third-order valence-corrected chi connectivity index (χ3v) is 4.27. The van der Waals surface area contributed by atoms with Gasteiger partial charge in [0, 0.05) is 19.0 Å². The number of amides is 1. The molecule has 0 unspecified atom stereocenters. The van der Waals surface area contributed by atoms with Crippen molar-refractivity contribution in [1.82, 2.24) is 20.2 Å². The number of rotatable bonds is 4. The van der Waals surface area contributed by atoms with Crippen molar-refractivity contribution in [2.24, 2.45) is 7.05 Å². The Balaban J connectivity index is 2.14. The van der Waals surface area contributed by atoms with Crippen LogP contribution in [0.25, 0.3) is 16.5 Å². The van der Waals surface area contributed by atoms with E-state index in [9.17, 15) is 19.5 Å². The number of nitrogens with zero attached hydrogens (tertiary/aromatic N) is 2. The Labute approximate surface area is 148 Å². The lowest BCUT2D eigenvalue weighted by Gasteiger charge is -2.15. The first-order chi connectivity index (χ1) is 12.4. The van der Waals surface area contributed by atoms with Gasteiger partial charge in [0.2, 0.25) is 0 Å². The molecule has 26 heavy (non-hydrogen) atoms. The van der Waals surface area contributed by atoms with Crippen LogP contribution in [0.5, 0.6) is 5.75 Å². The van der Waals surface area contributed by atoms with Crippen molar-refractivity contribution < 1.29 is 19.8 Å². The fourth-order valence-electron chi connectivity index (χ4n) is 2.90. The zero-order valence-corrected chi connectivity index (χ0v) is 14.1. The Hall–Kier alpha value is -3.20. The molecule has 0 aliphatic carbocycles. The molecule has 1 aliphatic rings. The molecule has 9 heteroatoms. The fraction of sp³-hybridized carbons (Fsp3) is 0.294. The van der Waals surface area contributed by atoms with Crippen molar-refractivity contribution in [3.63, 3.8) is 0 Å². The van der Waals surface area contributed by atoms with Gasteiger partial charge >= 0.3 is 5.97 Å². The van der Waals surface area contributed by atoms with Crippen LogP contribution in [0.1, 0.15) is 22.5 Å². The third-order valence-electron chi connectivity index (χ3n) is 4.27. The molecule has 0 aromatic carbocycles. The van der Waals surface area contributed by atoms with E-state index in [0.717, 1.165) is 25.1 Å². The van der Waals surface area contributed by atoms with Crippen molar-refractivity contribution in [3.05, 3.63) is 40.0 Å². The number of carboxylic acids is 1. The molecule has 0 fully saturated rings. The standard InChI is InChI=1S/C17H18N4O5/c1-21-12-7-19-11(9-2-4-18-5-3-9)6-10(12)15(24)14(17(21)26)16(25)20-8-13(22)23/h2,6-7,18,24H,3-5,8H2,1H3,(H,20,25)(H,22,23). The van der Waals surface area contributed by atoms with E-state index in [2.05, 4.69) is 15.6 Å². The number of aromatic nitrogens is 2. The van der Waals surface area contributed by atoms with E-state index in [1.54, 1.807) is 6.07 Å². The Morgan fingerprint density at radius 3 is 2.85 bits per heavy atom. The fourth-order valence-corrected chi connectivity index (χ4v) is 2.90. The molecule has 1 amide bonds. The molecule has 0 bridgehead atoms. The molecule has 0 saturated heterocycles. The molecule has 2 aromatic rings. The van der Waals surface area contributed by atoms with E-state index < -0.39 is 35.3 Å². The molecule has 0 saturated carbocycles. The maximum absolute atomic E-state index is 12.4. The Morgan fingerprint density at radius 2 is 2.19 bits per heavy atom. The predicted molar refractivity (Wildman–Crippen MR) is 94.1 cm³/mol. The summed E-state index contributed by atoms with van der Waals surface area (Å²) in [7, 11) is 1.46. The quantitative estimate of drug-likeness (QED) is 0.596. The van der Waals surface area contributed by atoms with Crippen LogP contribution in [0.15, 0.2) is 23.1 Å². The predicted octanol–water partition coefficient (Wildman–Crippen LogP) is -0.170. The van der Waals surface area contributed by atoms with Crippen LogP contribution in [-0.2, 0) is 11.8 Å². The lowest BCUT2D eigenvalue weighted by atomic mass is 10.0. The highest BCUT2D eigenvalue weighted by atomic mass is 16.4. The summed E-state index contributed by atoms with van der Waals surface area (Å²) in [6.45, 7) is 0.881. The van der Waals surface area contributed by atoms with Gasteiger partial charge in [0.1, 0.15) is 17.9 Å². The number of aryl methyl sites for hydroxylation is 1. The van der Waals surface area contributed by atoms with Gasteiger partial charge in [-0.1, -0.05) is 6.08 Å². The number of carboxylic acid groups (broad SMARTS) is 1. The van der Waals surface area contributed by atoms with Gasteiger partial charge in [0.05, 0.1) is 17.4 Å². The summed E-state index contributed by atoms with van der Waals surface area (Å²) in [6, 6.07) is 1.63.